The van der Waals surface area contributed by atoms with E-state index >= 15 is 0 Å². The summed E-state index contributed by atoms with van der Waals surface area (Å²) < 4.78 is 14.7. The predicted molar refractivity (Wildman–Crippen MR) is 104 cm³/mol. The van der Waals surface area contributed by atoms with Crippen LogP contribution in [-0.2, 0) is 6.54 Å². The minimum Gasteiger partial charge on any atom is -0.486 e. The summed E-state index contributed by atoms with van der Waals surface area (Å²) in [6.45, 7) is 0.503. The zero-order chi connectivity index (χ0) is 20.0. The smallest absolute Gasteiger partial charge is 0.267 e. The molecule has 0 fully saturated rings. The van der Waals surface area contributed by atoms with Gasteiger partial charge in [0.15, 0.2) is 17.6 Å². The molecule has 142 valence electrons. The molecule has 4 aromatic rings. The number of benzene rings is 1. The summed E-state index contributed by atoms with van der Waals surface area (Å²) in [5.74, 6) is 1.29. The zero-order valence-electron chi connectivity index (χ0n) is 15.2. The van der Waals surface area contributed by atoms with Crippen LogP contribution in [0.1, 0.15) is 5.56 Å². The van der Waals surface area contributed by atoms with Crippen molar-refractivity contribution in [2.45, 2.75) is 12.6 Å². The van der Waals surface area contributed by atoms with Gasteiger partial charge in [0.25, 0.3) is 5.56 Å². The summed E-state index contributed by atoms with van der Waals surface area (Å²) >= 11 is 0. The summed E-state index contributed by atoms with van der Waals surface area (Å²) in [5, 5.41) is 18.2. The van der Waals surface area contributed by atoms with Crippen molar-refractivity contribution in [1.82, 2.24) is 14.0 Å². The molecule has 0 aliphatic carbocycles. The number of nitriles is 1. The van der Waals surface area contributed by atoms with Crippen LogP contribution in [0.15, 0.2) is 59.5 Å². The third-order valence-corrected chi connectivity index (χ3v) is 4.89. The Hall–Kier alpha value is -4.12. The van der Waals surface area contributed by atoms with Gasteiger partial charge in [0.2, 0.25) is 0 Å². The molecule has 0 saturated heterocycles. The van der Waals surface area contributed by atoms with Crippen molar-refractivity contribution in [1.29, 1.82) is 10.7 Å². The van der Waals surface area contributed by atoms with E-state index in [1.807, 2.05) is 30.3 Å². The van der Waals surface area contributed by atoms with Crippen LogP contribution in [0.2, 0.25) is 0 Å². The van der Waals surface area contributed by atoms with Gasteiger partial charge in [-0.05, 0) is 30.3 Å². The van der Waals surface area contributed by atoms with Gasteiger partial charge in [-0.3, -0.25) is 14.6 Å². The third-order valence-electron chi connectivity index (χ3n) is 4.89. The van der Waals surface area contributed by atoms with E-state index in [2.05, 4.69) is 4.98 Å². The van der Waals surface area contributed by atoms with Crippen molar-refractivity contribution in [2.24, 2.45) is 0 Å². The molecule has 5 rings (SSSR count). The summed E-state index contributed by atoms with van der Waals surface area (Å²) in [6.07, 6.45) is 1.23. The van der Waals surface area contributed by atoms with Gasteiger partial charge in [-0.25, -0.2) is 4.98 Å². The lowest BCUT2D eigenvalue weighted by Crippen LogP contribution is -2.38. The number of para-hydroxylation sites is 2. The Bertz CT molecular complexity index is 1430. The molecule has 3 aromatic heterocycles. The van der Waals surface area contributed by atoms with Crippen LogP contribution in [-0.4, -0.2) is 26.7 Å². The summed E-state index contributed by atoms with van der Waals surface area (Å²) in [5.41, 5.74) is 0.600. The molecule has 1 aliphatic heterocycles. The molecule has 8 nitrogen and oxygen atoms in total. The average Bonchev–Trinajstić information content (AvgIpc) is 2.76. The topological polar surface area (TPSA) is 105 Å². The Balaban J connectivity index is 1.68. The molecule has 1 aliphatic rings. The molecule has 29 heavy (non-hydrogen) atoms. The maximum atomic E-state index is 13.0. The molecule has 0 radical (unpaired) electrons. The number of hydrogen-bond acceptors (Lipinski definition) is 6. The van der Waals surface area contributed by atoms with E-state index in [9.17, 15) is 10.1 Å². The summed E-state index contributed by atoms with van der Waals surface area (Å²) in [7, 11) is 0. The first-order valence-electron chi connectivity index (χ1n) is 9.04. The largest absolute Gasteiger partial charge is 0.486 e. The molecule has 1 N–H and O–H groups in total. The molecular formula is C21H15N5O3. The highest BCUT2D eigenvalue weighted by atomic mass is 16.6. The fourth-order valence-corrected chi connectivity index (χ4v) is 3.51. The quantitative estimate of drug-likeness (QED) is 0.530. The van der Waals surface area contributed by atoms with Gasteiger partial charge in [0, 0.05) is 6.20 Å². The lowest BCUT2D eigenvalue weighted by Gasteiger charge is -2.27. The standard InChI is InChI=1S/C21H15N5O3/c22-10-13-9-15-20(24-18-7-3-4-8-25(18)21(15)27)26(19(13)23)11-14-12-28-16-5-1-2-6-17(16)29-14/h1-9,14,23H,11-12H2. The molecule has 1 unspecified atom stereocenters. The SMILES string of the molecule is N#Cc1cc2c(=O)n3ccccc3nc2n(CC2COc3ccccc3O2)c1=N. The van der Waals surface area contributed by atoms with E-state index in [1.54, 1.807) is 29.0 Å². The predicted octanol–water partition coefficient (Wildman–Crippen LogP) is 1.84. The van der Waals surface area contributed by atoms with Gasteiger partial charge in [-0.15, -0.1) is 0 Å². The van der Waals surface area contributed by atoms with Gasteiger partial charge < -0.3 is 14.0 Å². The molecule has 4 heterocycles. The van der Waals surface area contributed by atoms with Crippen LogP contribution in [0.5, 0.6) is 11.5 Å². The lowest BCUT2D eigenvalue weighted by atomic mass is 10.2. The van der Waals surface area contributed by atoms with Crippen molar-refractivity contribution >= 4 is 16.7 Å². The Labute approximate surface area is 164 Å². The molecule has 0 spiro atoms. The minimum absolute atomic E-state index is 0.0189. The van der Waals surface area contributed by atoms with Crippen molar-refractivity contribution in [2.75, 3.05) is 6.61 Å². The van der Waals surface area contributed by atoms with Crippen LogP contribution in [0.4, 0.5) is 0 Å². The van der Waals surface area contributed by atoms with Crippen molar-refractivity contribution in [3.63, 3.8) is 0 Å². The number of nitrogens with one attached hydrogen (secondary N) is 1. The number of nitrogens with zero attached hydrogens (tertiary/aromatic N) is 4. The first kappa shape index (κ1) is 17.0. The normalized spacial score (nSPS) is 15.3. The number of hydrogen-bond donors (Lipinski definition) is 1. The van der Waals surface area contributed by atoms with Crippen LogP contribution < -0.4 is 20.5 Å². The van der Waals surface area contributed by atoms with E-state index in [4.69, 9.17) is 14.9 Å². The Morgan fingerprint density at radius 3 is 2.83 bits per heavy atom. The zero-order valence-corrected chi connectivity index (χ0v) is 15.2. The van der Waals surface area contributed by atoms with Crippen molar-refractivity contribution in [3.05, 3.63) is 76.1 Å². The minimum atomic E-state index is -0.396. The number of rotatable bonds is 2. The van der Waals surface area contributed by atoms with E-state index in [1.165, 1.54) is 10.5 Å². The number of ether oxygens (including phenoxy) is 2. The van der Waals surface area contributed by atoms with Crippen LogP contribution in [0.3, 0.4) is 0 Å². The van der Waals surface area contributed by atoms with E-state index in [-0.39, 0.29) is 35.1 Å². The highest BCUT2D eigenvalue weighted by Crippen LogP contribution is 2.31. The fraction of sp³-hybridized carbons (Fsp3) is 0.143. The van der Waals surface area contributed by atoms with Gasteiger partial charge in [-0.2, -0.15) is 5.26 Å². The Morgan fingerprint density at radius 2 is 2.00 bits per heavy atom. The molecule has 8 heteroatoms. The maximum Gasteiger partial charge on any atom is 0.267 e. The highest BCUT2D eigenvalue weighted by Gasteiger charge is 2.23. The first-order chi connectivity index (χ1) is 14.2. The van der Waals surface area contributed by atoms with Gasteiger partial charge in [-0.1, -0.05) is 18.2 Å². The second-order valence-corrected chi connectivity index (χ2v) is 6.71. The molecule has 1 aromatic carbocycles. The second kappa shape index (κ2) is 6.49. The second-order valence-electron chi connectivity index (χ2n) is 6.71. The average molecular weight is 385 g/mol. The number of pyridine rings is 2. The third kappa shape index (κ3) is 2.72. The molecule has 0 saturated carbocycles. The summed E-state index contributed by atoms with van der Waals surface area (Å²) in [4.78, 5) is 17.5. The van der Waals surface area contributed by atoms with E-state index in [0.29, 0.717) is 22.8 Å². The molecule has 0 bridgehead atoms. The van der Waals surface area contributed by atoms with Crippen molar-refractivity contribution in [3.8, 4) is 17.6 Å². The molecule has 1 atom stereocenters. The van der Waals surface area contributed by atoms with E-state index < -0.39 is 6.10 Å². The number of aromatic nitrogens is 3. The number of fused-ring (bicyclic) bond motifs is 3. The van der Waals surface area contributed by atoms with E-state index in [0.717, 1.165) is 0 Å². The van der Waals surface area contributed by atoms with Crippen LogP contribution >= 0.6 is 0 Å². The highest BCUT2D eigenvalue weighted by molar-refractivity contribution is 5.77. The fourth-order valence-electron chi connectivity index (χ4n) is 3.51. The first-order valence-corrected chi connectivity index (χ1v) is 9.04. The van der Waals surface area contributed by atoms with Gasteiger partial charge in [0.1, 0.15) is 29.5 Å². The Morgan fingerprint density at radius 1 is 1.21 bits per heavy atom. The monoisotopic (exact) mass is 385 g/mol. The van der Waals surface area contributed by atoms with Gasteiger partial charge in [0.05, 0.1) is 17.5 Å². The maximum absolute atomic E-state index is 13.0. The molecule has 0 amide bonds. The van der Waals surface area contributed by atoms with Gasteiger partial charge >= 0.3 is 0 Å². The molecular weight excluding hydrogens is 370 g/mol. The van der Waals surface area contributed by atoms with Crippen LogP contribution in [0, 0.1) is 16.7 Å². The lowest BCUT2D eigenvalue weighted by molar-refractivity contribution is 0.0783. The Kier molecular flexibility index (Phi) is 3.81. The summed E-state index contributed by atoms with van der Waals surface area (Å²) in [6, 6.07) is 16.0. The van der Waals surface area contributed by atoms with Crippen LogP contribution in [0.25, 0.3) is 16.7 Å². The van der Waals surface area contributed by atoms with Crippen molar-refractivity contribution < 1.29 is 9.47 Å².